The number of nitriles is 1. The maximum absolute atomic E-state index is 12.0. The molecule has 0 aromatic heterocycles. The molecule has 1 unspecified atom stereocenters. The highest BCUT2D eigenvalue weighted by atomic mass is 32.2. The molecule has 1 N–H and O–H groups in total. The zero-order valence-electron chi connectivity index (χ0n) is 9.05. The van der Waals surface area contributed by atoms with Crippen LogP contribution in [-0.2, 0) is 14.8 Å². The first-order valence-electron chi connectivity index (χ1n) is 5.62. The Kier molecular flexibility index (Phi) is 3.47. The van der Waals surface area contributed by atoms with Crippen molar-refractivity contribution in [3.63, 3.8) is 0 Å². The summed E-state index contributed by atoms with van der Waals surface area (Å²) >= 11 is 0. The second-order valence-electron chi connectivity index (χ2n) is 4.42. The molecule has 2 rings (SSSR count). The van der Waals surface area contributed by atoms with Crippen molar-refractivity contribution in [1.29, 1.82) is 5.26 Å². The first kappa shape index (κ1) is 11.8. The average Bonchev–Trinajstić information content (AvgIpc) is 3.11. The fourth-order valence-electron chi connectivity index (χ4n) is 1.92. The molecule has 1 heterocycles. The molecule has 1 saturated heterocycles. The molecule has 1 saturated carbocycles. The first-order chi connectivity index (χ1) is 7.63. The Labute approximate surface area is 95.8 Å². The van der Waals surface area contributed by atoms with Crippen LogP contribution in [0.5, 0.6) is 0 Å². The molecule has 6 heteroatoms. The predicted octanol–water partition coefficient (Wildman–Crippen LogP) is 0.387. The smallest absolute Gasteiger partial charge is 0.215 e. The van der Waals surface area contributed by atoms with Crippen LogP contribution < -0.4 is 4.72 Å². The van der Waals surface area contributed by atoms with E-state index in [1.165, 1.54) is 0 Å². The van der Waals surface area contributed by atoms with Gasteiger partial charge in [-0.2, -0.15) is 9.98 Å². The van der Waals surface area contributed by atoms with Crippen LogP contribution in [-0.4, -0.2) is 32.9 Å². The third kappa shape index (κ3) is 2.73. The Morgan fingerprint density at radius 1 is 1.25 bits per heavy atom. The van der Waals surface area contributed by atoms with Gasteiger partial charge in [-0.3, -0.25) is 0 Å². The van der Waals surface area contributed by atoms with Gasteiger partial charge >= 0.3 is 0 Å². The third-order valence-electron chi connectivity index (χ3n) is 3.13. The molecule has 0 bridgehead atoms. The van der Waals surface area contributed by atoms with Crippen molar-refractivity contribution in [2.45, 2.75) is 37.0 Å². The summed E-state index contributed by atoms with van der Waals surface area (Å²) in [5.41, 5.74) is 0. The molecular formula is C10H16N2O3S. The van der Waals surface area contributed by atoms with E-state index < -0.39 is 21.3 Å². The van der Waals surface area contributed by atoms with Crippen LogP contribution in [0.2, 0.25) is 0 Å². The minimum absolute atomic E-state index is 0.222. The molecule has 1 aliphatic heterocycles. The Balaban J connectivity index is 1.98. The topological polar surface area (TPSA) is 79.2 Å². The first-order valence-corrected chi connectivity index (χ1v) is 7.16. The maximum Gasteiger partial charge on any atom is 0.215 e. The van der Waals surface area contributed by atoms with Gasteiger partial charge in [-0.1, -0.05) is 0 Å². The summed E-state index contributed by atoms with van der Waals surface area (Å²) in [5.74, 6) is 0.222. The summed E-state index contributed by atoms with van der Waals surface area (Å²) in [5, 5.41) is 8.50. The van der Waals surface area contributed by atoms with E-state index in [2.05, 4.69) is 4.72 Å². The monoisotopic (exact) mass is 244 g/mol. The number of hydrogen-bond acceptors (Lipinski definition) is 4. The van der Waals surface area contributed by atoms with E-state index in [1.807, 2.05) is 6.07 Å². The van der Waals surface area contributed by atoms with E-state index in [0.717, 1.165) is 12.8 Å². The lowest BCUT2D eigenvalue weighted by Crippen LogP contribution is -2.43. The second kappa shape index (κ2) is 4.70. The van der Waals surface area contributed by atoms with Gasteiger partial charge in [-0.15, -0.1) is 0 Å². The largest absolute Gasteiger partial charge is 0.381 e. The Hall–Kier alpha value is -0.640. The Morgan fingerprint density at radius 2 is 1.88 bits per heavy atom. The van der Waals surface area contributed by atoms with E-state index in [9.17, 15) is 8.42 Å². The zero-order chi connectivity index (χ0) is 11.6. The van der Waals surface area contributed by atoms with Crippen molar-refractivity contribution in [3.05, 3.63) is 0 Å². The van der Waals surface area contributed by atoms with E-state index in [0.29, 0.717) is 26.1 Å². The lowest BCUT2D eigenvalue weighted by molar-refractivity contribution is 0.0981. The number of rotatable bonds is 4. The average molecular weight is 244 g/mol. The van der Waals surface area contributed by atoms with Gasteiger partial charge in [0.15, 0.2) is 0 Å². The molecular weight excluding hydrogens is 228 g/mol. The molecule has 0 aromatic carbocycles. The molecule has 16 heavy (non-hydrogen) atoms. The van der Waals surface area contributed by atoms with Gasteiger partial charge in [0.25, 0.3) is 0 Å². The van der Waals surface area contributed by atoms with Crippen LogP contribution in [0.1, 0.15) is 25.7 Å². The molecule has 0 spiro atoms. The van der Waals surface area contributed by atoms with E-state index in [-0.39, 0.29) is 5.92 Å². The molecule has 0 radical (unpaired) electrons. The van der Waals surface area contributed by atoms with Crippen LogP contribution in [0.4, 0.5) is 0 Å². The van der Waals surface area contributed by atoms with Gasteiger partial charge in [0.05, 0.1) is 11.3 Å². The van der Waals surface area contributed by atoms with Crippen LogP contribution in [0.25, 0.3) is 0 Å². The summed E-state index contributed by atoms with van der Waals surface area (Å²) in [6.07, 6.45) is 2.96. The van der Waals surface area contributed by atoms with Crippen molar-refractivity contribution in [2.75, 3.05) is 13.2 Å². The highest BCUT2D eigenvalue weighted by molar-refractivity contribution is 7.90. The molecule has 2 aliphatic rings. The highest BCUT2D eigenvalue weighted by Crippen LogP contribution is 2.33. The summed E-state index contributed by atoms with van der Waals surface area (Å²) in [6, 6.07) is 1.50. The maximum atomic E-state index is 12.0. The fourth-order valence-corrected chi connectivity index (χ4v) is 3.52. The summed E-state index contributed by atoms with van der Waals surface area (Å²) < 4.78 is 31.6. The molecule has 1 aliphatic carbocycles. The van der Waals surface area contributed by atoms with Gasteiger partial charge < -0.3 is 4.74 Å². The Bertz CT molecular complexity index is 377. The molecule has 90 valence electrons. The number of ether oxygens (including phenoxy) is 1. The summed E-state index contributed by atoms with van der Waals surface area (Å²) in [6.45, 7) is 0.985. The van der Waals surface area contributed by atoms with Crippen molar-refractivity contribution < 1.29 is 13.2 Å². The predicted molar refractivity (Wildman–Crippen MR) is 58.0 cm³/mol. The number of sulfonamides is 1. The lowest BCUT2D eigenvalue weighted by Gasteiger charge is -2.23. The van der Waals surface area contributed by atoms with Gasteiger partial charge in [-0.25, -0.2) is 8.42 Å². The third-order valence-corrected chi connectivity index (χ3v) is 5.06. The van der Waals surface area contributed by atoms with Crippen LogP contribution in [0.15, 0.2) is 0 Å². The number of nitrogens with zero attached hydrogens (tertiary/aromatic N) is 1. The summed E-state index contributed by atoms with van der Waals surface area (Å²) in [7, 11) is -3.35. The van der Waals surface area contributed by atoms with Crippen LogP contribution in [0.3, 0.4) is 0 Å². The number of nitrogens with one attached hydrogen (secondary N) is 1. The van der Waals surface area contributed by atoms with Crippen LogP contribution in [0, 0.1) is 17.2 Å². The fraction of sp³-hybridized carbons (Fsp3) is 0.900. The minimum atomic E-state index is -3.35. The van der Waals surface area contributed by atoms with Gasteiger partial charge in [0.1, 0.15) is 6.04 Å². The van der Waals surface area contributed by atoms with Crippen LogP contribution >= 0.6 is 0 Å². The van der Waals surface area contributed by atoms with E-state index in [1.54, 1.807) is 0 Å². The standard InChI is InChI=1S/C10H16N2O3S/c11-7-10(8-1-2-8)12-16(13,14)9-3-5-15-6-4-9/h8-10,12H,1-6H2. The summed E-state index contributed by atoms with van der Waals surface area (Å²) in [4.78, 5) is 0. The van der Waals surface area contributed by atoms with Crippen molar-refractivity contribution >= 4 is 10.0 Å². The van der Waals surface area contributed by atoms with Crippen molar-refractivity contribution in [2.24, 2.45) is 5.92 Å². The van der Waals surface area contributed by atoms with Crippen molar-refractivity contribution in [1.82, 2.24) is 4.72 Å². The highest BCUT2D eigenvalue weighted by Gasteiger charge is 2.37. The molecule has 1 atom stereocenters. The zero-order valence-corrected chi connectivity index (χ0v) is 9.87. The molecule has 5 nitrogen and oxygen atoms in total. The minimum Gasteiger partial charge on any atom is -0.381 e. The van der Waals surface area contributed by atoms with Gasteiger partial charge in [-0.05, 0) is 31.6 Å². The quantitative estimate of drug-likeness (QED) is 0.775. The molecule has 0 aromatic rings. The Morgan fingerprint density at radius 3 is 2.38 bits per heavy atom. The second-order valence-corrected chi connectivity index (χ2v) is 6.41. The van der Waals surface area contributed by atoms with Gasteiger partial charge in [0.2, 0.25) is 10.0 Å². The number of hydrogen-bond donors (Lipinski definition) is 1. The molecule has 2 fully saturated rings. The van der Waals surface area contributed by atoms with E-state index >= 15 is 0 Å². The van der Waals surface area contributed by atoms with E-state index in [4.69, 9.17) is 10.00 Å². The molecule has 0 amide bonds. The van der Waals surface area contributed by atoms with Crippen molar-refractivity contribution in [3.8, 4) is 6.07 Å². The SMILES string of the molecule is N#CC(NS(=O)(=O)C1CCOCC1)C1CC1. The normalized spacial score (nSPS) is 24.9. The lowest BCUT2D eigenvalue weighted by atomic mass is 10.2. The van der Waals surface area contributed by atoms with Gasteiger partial charge in [0, 0.05) is 13.2 Å².